The molecule has 0 fully saturated rings. The van der Waals surface area contributed by atoms with Gasteiger partial charge in [-0.3, -0.25) is 4.79 Å². The minimum absolute atomic E-state index is 0.0520. The fourth-order valence-electron chi connectivity index (χ4n) is 2.69. The van der Waals surface area contributed by atoms with Crippen LogP contribution >= 0.6 is 11.6 Å². The molecule has 1 atom stereocenters. The van der Waals surface area contributed by atoms with Crippen LogP contribution in [0.5, 0.6) is 0 Å². The van der Waals surface area contributed by atoms with Gasteiger partial charge in [0.2, 0.25) is 0 Å². The number of hydrogen-bond donors (Lipinski definition) is 1. The van der Waals surface area contributed by atoms with Gasteiger partial charge in [0.25, 0.3) is 5.91 Å². The SMILES string of the molecule is CCCN1C(=O)c2ccc(Cl)cc2NC1c1ccccc1. The average Bonchev–Trinajstić information content (AvgIpc) is 2.50. The van der Waals surface area contributed by atoms with Gasteiger partial charge in [-0.15, -0.1) is 0 Å². The molecule has 2 aromatic carbocycles. The Balaban J connectivity index is 2.05. The number of hydrogen-bond acceptors (Lipinski definition) is 2. The van der Waals surface area contributed by atoms with E-state index in [9.17, 15) is 4.79 Å². The molecule has 0 saturated heterocycles. The van der Waals surface area contributed by atoms with Crippen molar-refractivity contribution in [3.8, 4) is 0 Å². The van der Waals surface area contributed by atoms with E-state index in [1.54, 1.807) is 12.1 Å². The van der Waals surface area contributed by atoms with Crippen molar-refractivity contribution in [1.29, 1.82) is 0 Å². The summed E-state index contributed by atoms with van der Waals surface area (Å²) in [5.41, 5.74) is 2.55. The van der Waals surface area contributed by atoms with Crippen LogP contribution in [0.2, 0.25) is 5.02 Å². The molecule has 0 spiro atoms. The zero-order valence-corrected chi connectivity index (χ0v) is 12.6. The lowest BCUT2D eigenvalue weighted by molar-refractivity contribution is 0.0683. The van der Waals surface area contributed by atoms with E-state index in [4.69, 9.17) is 11.6 Å². The summed E-state index contributed by atoms with van der Waals surface area (Å²) in [4.78, 5) is 14.6. The molecule has 21 heavy (non-hydrogen) atoms. The third kappa shape index (κ3) is 2.61. The second-order valence-corrected chi connectivity index (χ2v) is 5.58. The number of fused-ring (bicyclic) bond motifs is 1. The summed E-state index contributed by atoms with van der Waals surface area (Å²) >= 11 is 6.05. The van der Waals surface area contributed by atoms with Crippen molar-refractivity contribution < 1.29 is 4.79 Å². The largest absolute Gasteiger partial charge is 0.361 e. The van der Waals surface area contributed by atoms with Crippen LogP contribution in [0.1, 0.15) is 35.4 Å². The van der Waals surface area contributed by atoms with Gasteiger partial charge in [-0.05, 0) is 30.2 Å². The van der Waals surface area contributed by atoms with Crippen LogP contribution in [0, 0.1) is 0 Å². The number of halogens is 1. The summed E-state index contributed by atoms with van der Waals surface area (Å²) in [6, 6.07) is 15.4. The number of carbonyl (C=O) groups excluding carboxylic acids is 1. The Morgan fingerprint density at radius 3 is 2.67 bits per heavy atom. The summed E-state index contributed by atoms with van der Waals surface area (Å²) in [7, 11) is 0. The summed E-state index contributed by atoms with van der Waals surface area (Å²) in [6.45, 7) is 2.79. The molecule has 1 N–H and O–H groups in total. The van der Waals surface area contributed by atoms with Crippen molar-refractivity contribution in [2.75, 3.05) is 11.9 Å². The van der Waals surface area contributed by atoms with E-state index in [0.29, 0.717) is 17.1 Å². The maximum atomic E-state index is 12.7. The van der Waals surface area contributed by atoms with Gasteiger partial charge in [0.15, 0.2) is 0 Å². The first-order valence-electron chi connectivity index (χ1n) is 7.12. The molecule has 1 aliphatic rings. The van der Waals surface area contributed by atoms with E-state index in [0.717, 1.165) is 17.7 Å². The second-order valence-electron chi connectivity index (χ2n) is 5.15. The van der Waals surface area contributed by atoms with Crippen LogP contribution in [0.4, 0.5) is 5.69 Å². The van der Waals surface area contributed by atoms with Gasteiger partial charge in [-0.1, -0.05) is 48.9 Å². The fraction of sp³-hybridized carbons (Fsp3) is 0.235. The van der Waals surface area contributed by atoms with E-state index in [-0.39, 0.29) is 12.1 Å². The Morgan fingerprint density at radius 2 is 1.95 bits per heavy atom. The third-order valence-electron chi connectivity index (χ3n) is 3.66. The first-order chi connectivity index (χ1) is 10.2. The Morgan fingerprint density at radius 1 is 1.19 bits per heavy atom. The van der Waals surface area contributed by atoms with E-state index >= 15 is 0 Å². The van der Waals surface area contributed by atoms with Crippen LogP contribution in [-0.4, -0.2) is 17.4 Å². The maximum absolute atomic E-state index is 12.7. The van der Waals surface area contributed by atoms with Crippen molar-refractivity contribution in [3.05, 3.63) is 64.7 Å². The molecular formula is C17H17ClN2O. The number of amides is 1. The summed E-state index contributed by atoms with van der Waals surface area (Å²) in [6.07, 6.45) is 0.768. The van der Waals surface area contributed by atoms with Crippen LogP contribution in [0.15, 0.2) is 48.5 Å². The number of carbonyl (C=O) groups is 1. The highest BCUT2D eigenvalue weighted by Gasteiger charge is 2.32. The highest BCUT2D eigenvalue weighted by Crippen LogP contribution is 2.34. The van der Waals surface area contributed by atoms with Crippen LogP contribution in [-0.2, 0) is 0 Å². The summed E-state index contributed by atoms with van der Waals surface area (Å²) < 4.78 is 0. The molecule has 0 saturated carbocycles. The number of nitrogens with one attached hydrogen (secondary N) is 1. The Bertz CT molecular complexity index is 657. The lowest BCUT2D eigenvalue weighted by Gasteiger charge is -2.38. The maximum Gasteiger partial charge on any atom is 0.257 e. The van der Waals surface area contributed by atoms with Crippen molar-refractivity contribution in [3.63, 3.8) is 0 Å². The molecule has 1 heterocycles. The van der Waals surface area contributed by atoms with Crippen LogP contribution in [0.3, 0.4) is 0 Å². The zero-order chi connectivity index (χ0) is 14.8. The molecule has 1 aliphatic heterocycles. The fourth-order valence-corrected chi connectivity index (χ4v) is 2.86. The molecule has 0 bridgehead atoms. The molecular weight excluding hydrogens is 284 g/mol. The second kappa shape index (κ2) is 5.78. The van der Waals surface area contributed by atoms with E-state index in [1.165, 1.54) is 0 Å². The molecule has 3 nitrogen and oxygen atoms in total. The Kier molecular flexibility index (Phi) is 3.84. The molecule has 1 unspecified atom stereocenters. The van der Waals surface area contributed by atoms with Gasteiger partial charge in [-0.25, -0.2) is 0 Å². The lowest BCUT2D eigenvalue weighted by Crippen LogP contribution is -2.43. The van der Waals surface area contributed by atoms with Gasteiger partial charge in [0.05, 0.1) is 11.3 Å². The van der Waals surface area contributed by atoms with Crippen molar-refractivity contribution >= 4 is 23.2 Å². The van der Waals surface area contributed by atoms with E-state index < -0.39 is 0 Å². The van der Waals surface area contributed by atoms with Crippen LogP contribution < -0.4 is 5.32 Å². The first-order valence-corrected chi connectivity index (χ1v) is 7.50. The van der Waals surface area contributed by atoms with Crippen molar-refractivity contribution in [2.45, 2.75) is 19.5 Å². The van der Waals surface area contributed by atoms with Gasteiger partial charge in [0.1, 0.15) is 6.17 Å². The molecule has 0 aliphatic carbocycles. The molecule has 2 aromatic rings. The third-order valence-corrected chi connectivity index (χ3v) is 3.89. The van der Waals surface area contributed by atoms with Crippen molar-refractivity contribution in [2.24, 2.45) is 0 Å². The molecule has 108 valence electrons. The minimum atomic E-state index is -0.149. The molecule has 4 heteroatoms. The Labute approximate surface area is 129 Å². The normalized spacial score (nSPS) is 17.3. The highest BCUT2D eigenvalue weighted by molar-refractivity contribution is 6.31. The standard InChI is InChI=1S/C17H17ClN2O/c1-2-10-20-16(12-6-4-3-5-7-12)19-15-11-13(18)8-9-14(15)17(20)21/h3-9,11,16,19H,2,10H2,1H3. The van der Waals surface area contributed by atoms with E-state index in [1.807, 2.05) is 41.3 Å². The number of anilines is 1. The Hall–Kier alpha value is -2.00. The van der Waals surface area contributed by atoms with Gasteiger partial charge < -0.3 is 10.2 Å². The number of benzene rings is 2. The monoisotopic (exact) mass is 300 g/mol. The summed E-state index contributed by atoms with van der Waals surface area (Å²) in [5, 5.41) is 4.07. The van der Waals surface area contributed by atoms with Crippen molar-refractivity contribution in [1.82, 2.24) is 4.90 Å². The quantitative estimate of drug-likeness (QED) is 0.915. The topological polar surface area (TPSA) is 32.3 Å². The molecule has 1 amide bonds. The number of rotatable bonds is 3. The molecule has 0 aromatic heterocycles. The minimum Gasteiger partial charge on any atom is -0.361 e. The number of nitrogens with zero attached hydrogens (tertiary/aromatic N) is 1. The predicted molar refractivity (Wildman–Crippen MR) is 85.6 cm³/mol. The summed E-state index contributed by atoms with van der Waals surface area (Å²) in [5.74, 6) is 0.0520. The average molecular weight is 301 g/mol. The molecule has 3 rings (SSSR count). The van der Waals surface area contributed by atoms with Gasteiger partial charge in [0, 0.05) is 11.6 Å². The van der Waals surface area contributed by atoms with E-state index in [2.05, 4.69) is 12.2 Å². The predicted octanol–water partition coefficient (Wildman–Crippen LogP) is 4.32. The highest BCUT2D eigenvalue weighted by atomic mass is 35.5. The van der Waals surface area contributed by atoms with Crippen LogP contribution in [0.25, 0.3) is 0 Å². The smallest absolute Gasteiger partial charge is 0.257 e. The van der Waals surface area contributed by atoms with Gasteiger partial charge in [-0.2, -0.15) is 0 Å². The van der Waals surface area contributed by atoms with Gasteiger partial charge >= 0.3 is 0 Å². The molecule has 0 radical (unpaired) electrons. The first kappa shape index (κ1) is 14.0. The lowest BCUT2D eigenvalue weighted by atomic mass is 10.0. The zero-order valence-electron chi connectivity index (χ0n) is 11.8.